The topological polar surface area (TPSA) is 67.4 Å². The molecule has 1 atom stereocenters. The van der Waals surface area contributed by atoms with Crippen molar-refractivity contribution >= 4 is 11.8 Å². The maximum absolute atomic E-state index is 13.0. The Morgan fingerprint density at radius 3 is 1.85 bits per heavy atom. The third kappa shape index (κ3) is 6.69. The number of carbonyl (C=O) groups is 2. The number of amides is 2. The van der Waals surface area contributed by atoms with Crippen molar-refractivity contribution in [2.75, 3.05) is 13.7 Å². The molecule has 3 aromatic carbocycles. The van der Waals surface area contributed by atoms with Gasteiger partial charge in [-0.2, -0.15) is 0 Å². The third-order valence-electron chi connectivity index (χ3n) is 5.72. The highest BCUT2D eigenvalue weighted by atomic mass is 16.5. The Labute approximate surface area is 196 Å². The van der Waals surface area contributed by atoms with E-state index in [4.69, 9.17) is 4.74 Å². The summed E-state index contributed by atoms with van der Waals surface area (Å²) in [7, 11) is 1.58. The summed E-state index contributed by atoms with van der Waals surface area (Å²) in [4.78, 5) is 25.6. The molecule has 1 unspecified atom stereocenters. The van der Waals surface area contributed by atoms with Crippen LogP contribution in [0.25, 0.3) is 0 Å². The molecular weight excluding hydrogens is 412 g/mol. The van der Waals surface area contributed by atoms with E-state index in [1.54, 1.807) is 31.4 Å². The first-order valence-electron chi connectivity index (χ1n) is 11.3. The van der Waals surface area contributed by atoms with E-state index in [-0.39, 0.29) is 23.7 Å². The van der Waals surface area contributed by atoms with Crippen molar-refractivity contribution in [2.45, 2.75) is 32.2 Å². The molecule has 5 nitrogen and oxygen atoms in total. The molecule has 5 heteroatoms. The fourth-order valence-corrected chi connectivity index (χ4v) is 3.85. The quantitative estimate of drug-likeness (QED) is 0.473. The maximum atomic E-state index is 13.0. The Morgan fingerprint density at radius 1 is 0.818 bits per heavy atom. The molecule has 172 valence electrons. The van der Waals surface area contributed by atoms with Gasteiger partial charge in [0.05, 0.1) is 7.11 Å². The first-order valence-corrected chi connectivity index (χ1v) is 11.3. The largest absolute Gasteiger partial charge is 0.497 e. The van der Waals surface area contributed by atoms with Crippen LogP contribution in [0.15, 0.2) is 84.9 Å². The molecule has 0 radical (unpaired) electrons. The molecule has 0 aliphatic heterocycles. The normalized spacial score (nSPS) is 11.8. The van der Waals surface area contributed by atoms with Gasteiger partial charge in [0.2, 0.25) is 5.91 Å². The number of methoxy groups -OCH3 is 1. The van der Waals surface area contributed by atoms with Crippen molar-refractivity contribution in [2.24, 2.45) is 5.92 Å². The zero-order valence-electron chi connectivity index (χ0n) is 19.5. The molecule has 0 fully saturated rings. The van der Waals surface area contributed by atoms with Crippen molar-refractivity contribution < 1.29 is 14.3 Å². The lowest BCUT2D eigenvalue weighted by Gasteiger charge is -2.23. The zero-order valence-corrected chi connectivity index (χ0v) is 19.5. The van der Waals surface area contributed by atoms with Crippen LogP contribution in [0.5, 0.6) is 5.75 Å². The highest BCUT2D eigenvalue weighted by Crippen LogP contribution is 2.27. The number of rotatable bonds is 10. The lowest BCUT2D eigenvalue weighted by Crippen LogP contribution is -2.50. The Hall–Kier alpha value is -3.60. The molecular formula is C28H32N2O3. The molecule has 0 aliphatic carbocycles. The molecule has 33 heavy (non-hydrogen) atoms. The van der Waals surface area contributed by atoms with Gasteiger partial charge in [0.15, 0.2) is 0 Å². The summed E-state index contributed by atoms with van der Waals surface area (Å²) >= 11 is 0. The molecule has 0 bridgehead atoms. The number of nitrogens with one attached hydrogen (secondary N) is 2. The van der Waals surface area contributed by atoms with Crippen LogP contribution in [0.1, 0.15) is 47.7 Å². The molecule has 2 N–H and O–H groups in total. The number of ether oxygens (including phenoxy) is 1. The lowest BCUT2D eigenvalue weighted by atomic mass is 9.88. The van der Waals surface area contributed by atoms with E-state index in [1.165, 1.54) is 11.1 Å². The minimum Gasteiger partial charge on any atom is -0.497 e. The van der Waals surface area contributed by atoms with Crippen molar-refractivity contribution in [1.82, 2.24) is 10.6 Å². The van der Waals surface area contributed by atoms with Gasteiger partial charge >= 0.3 is 0 Å². The van der Waals surface area contributed by atoms with Gasteiger partial charge in [-0.15, -0.1) is 0 Å². The molecule has 0 heterocycles. The van der Waals surface area contributed by atoms with Crippen molar-refractivity contribution in [1.29, 1.82) is 0 Å². The maximum Gasteiger partial charge on any atom is 0.251 e. The van der Waals surface area contributed by atoms with Crippen LogP contribution in [-0.4, -0.2) is 31.5 Å². The Morgan fingerprint density at radius 2 is 1.36 bits per heavy atom. The second kappa shape index (κ2) is 11.9. The number of carbonyl (C=O) groups excluding carboxylic acids is 2. The minimum atomic E-state index is -0.619. The van der Waals surface area contributed by atoms with Crippen LogP contribution in [0, 0.1) is 5.92 Å². The van der Waals surface area contributed by atoms with E-state index in [1.807, 2.05) is 50.2 Å². The van der Waals surface area contributed by atoms with Gasteiger partial charge in [-0.3, -0.25) is 9.59 Å². The summed E-state index contributed by atoms with van der Waals surface area (Å²) in [6, 6.07) is 26.8. The standard InChI is InChI=1S/C28H32N2O3/c1-20(2)26(30-27(31)23-14-16-24(33-3)17-15-23)28(32)29-19-18-25(21-10-6-4-7-11-21)22-12-8-5-9-13-22/h4-17,20,25-26H,18-19H2,1-3H3,(H,29,32)(H,30,31). The van der Waals surface area contributed by atoms with Gasteiger partial charge in [-0.25, -0.2) is 0 Å². The Balaban J connectivity index is 1.63. The van der Waals surface area contributed by atoms with Crippen LogP contribution < -0.4 is 15.4 Å². The van der Waals surface area contributed by atoms with Crippen molar-refractivity contribution in [3.05, 3.63) is 102 Å². The minimum absolute atomic E-state index is 0.0498. The average Bonchev–Trinajstić information content (AvgIpc) is 2.85. The van der Waals surface area contributed by atoms with Crippen molar-refractivity contribution in [3.63, 3.8) is 0 Å². The fraction of sp³-hybridized carbons (Fsp3) is 0.286. The summed E-state index contributed by atoms with van der Waals surface area (Å²) in [5, 5.41) is 5.92. The third-order valence-corrected chi connectivity index (χ3v) is 5.72. The Bertz CT molecular complexity index is 979. The van der Waals surface area contributed by atoms with Gasteiger partial charge in [0.1, 0.15) is 11.8 Å². The summed E-state index contributed by atoms with van der Waals surface area (Å²) in [6.07, 6.45) is 0.761. The van der Waals surface area contributed by atoms with E-state index in [0.29, 0.717) is 17.9 Å². The molecule has 3 rings (SSSR count). The van der Waals surface area contributed by atoms with Gasteiger partial charge in [-0.1, -0.05) is 74.5 Å². The van der Waals surface area contributed by atoms with Gasteiger partial charge < -0.3 is 15.4 Å². The monoisotopic (exact) mass is 444 g/mol. The molecule has 0 saturated heterocycles. The summed E-state index contributed by atoms with van der Waals surface area (Å²) < 4.78 is 5.14. The smallest absolute Gasteiger partial charge is 0.251 e. The van der Waals surface area contributed by atoms with Crippen LogP contribution in [-0.2, 0) is 4.79 Å². The van der Waals surface area contributed by atoms with Gasteiger partial charge in [0, 0.05) is 18.0 Å². The van der Waals surface area contributed by atoms with Crippen LogP contribution in [0.3, 0.4) is 0 Å². The zero-order chi connectivity index (χ0) is 23.6. The molecule has 0 saturated carbocycles. The summed E-state index contributed by atoms with van der Waals surface area (Å²) in [5.41, 5.74) is 2.92. The number of hydrogen-bond donors (Lipinski definition) is 2. The van der Waals surface area contributed by atoms with Crippen LogP contribution in [0.2, 0.25) is 0 Å². The van der Waals surface area contributed by atoms with Gasteiger partial charge in [-0.05, 0) is 47.7 Å². The summed E-state index contributed by atoms with van der Waals surface area (Å²) in [5.74, 6) is 0.353. The Kier molecular flexibility index (Phi) is 8.64. The molecule has 0 aromatic heterocycles. The summed E-state index contributed by atoms with van der Waals surface area (Å²) in [6.45, 7) is 4.36. The number of hydrogen-bond acceptors (Lipinski definition) is 3. The second-order valence-corrected chi connectivity index (χ2v) is 8.38. The predicted octanol–water partition coefficient (Wildman–Crippen LogP) is 4.79. The SMILES string of the molecule is COc1ccc(C(=O)NC(C(=O)NCCC(c2ccccc2)c2ccccc2)C(C)C)cc1. The predicted molar refractivity (Wildman–Crippen MR) is 131 cm³/mol. The lowest BCUT2D eigenvalue weighted by molar-refractivity contribution is -0.123. The number of benzene rings is 3. The highest BCUT2D eigenvalue weighted by Gasteiger charge is 2.25. The van der Waals surface area contributed by atoms with Crippen molar-refractivity contribution in [3.8, 4) is 5.75 Å². The van der Waals surface area contributed by atoms with E-state index >= 15 is 0 Å². The molecule has 3 aromatic rings. The van der Waals surface area contributed by atoms with Crippen LogP contribution in [0.4, 0.5) is 0 Å². The van der Waals surface area contributed by atoms with E-state index in [2.05, 4.69) is 34.9 Å². The average molecular weight is 445 g/mol. The fourth-order valence-electron chi connectivity index (χ4n) is 3.85. The van der Waals surface area contributed by atoms with Gasteiger partial charge in [0.25, 0.3) is 5.91 Å². The second-order valence-electron chi connectivity index (χ2n) is 8.38. The van der Waals surface area contributed by atoms with E-state index in [0.717, 1.165) is 6.42 Å². The molecule has 0 aliphatic rings. The van der Waals surface area contributed by atoms with E-state index < -0.39 is 6.04 Å². The first-order chi connectivity index (χ1) is 16.0. The highest BCUT2D eigenvalue weighted by molar-refractivity contribution is 5.97. The van der Waals surface area contributed by atoms with E-state index in [9.17, 15) is 9.59 Å². The first kappa shape index (κ1) is 24.1. The van der Waals surface area contributed by atoms with Crippen LogP contribution >= 0.6 is 0 Å². The molecule has 2 amide bonds. The molecule has 0 spiro atoms.